The summed E-state index contributed by atoms with van der Waals surface area (Å²) in [5.41, 5.74) is 1.51. The van der Waals surface area contributed by atoms with Crippen molar-refractivity contribution >= 4 is 11.4 Å². The van der Waals surface area contributed by atoms with Gasteiger partial charge in [0.2, 0.25) is 0 Å². The van der Waals surface area contributed by atoms with E-state index in [1.807, 2.05) is 6.07 Å². The molecule has 0 fully saturated rings. The molecule has 1 N–H and O–H groups in total. The predicted octanol–water partition coefficient (Wildman–Crippen LogP) is 4.14. The lowest BCUT2D eigenvalue weighted by molar-refractivity contribution is -0.384. The average molecular weight is 250 g/mol. The molecule has 0 radical (unpaired) electrons. The van der Waals surface area contributed by atoms with E-state index in [0.29, 0.717) is 17.2 Å². The fourth-order valence-electron chi connectivity index (χ4n) is 1.94. The number of nitro benzene ring substituents is 1. The molecule has 0 aliphatic heterocycles. The van der Waals surface area contributed by atoms with Crippen molar-refractivity contribution in [3.8, 4) is 0 Å². The lowest BCUT2D eigenvalue weighted by Gasteiger charge is -2.16. The van der Waals surface area contributed by atoms with E-state index in [1.165, 1.54) is 0 Å². The summed E-state index contributed by atoms with van der Waals surface area (Å²) in [7, 11) is 0. The van der Waals surface area contributed by atoms with Crippen LogP contribution in [0.5, 0.6) is 0 Å². The summed E-state index contributed by atoms with van der Waals surface area (Å²) >= 11 is 0. The molecule has 0 amide bonds. The van der Waals surface area contributed by atoms with Crippen molar-refractivity contribution in [1.29, 1.82) is 0 Å². The predicted molar refractivity (Wildman–Crippen MR) is 75.0 cm³/mol. The van der Waals surface area contributed by atoms with Gasteiger partial charge in [0.05, 0.1) is 4.92 Å². The molecule has 4 nitrogen and oxygen atoms in total. The van der Waals surface area contributed by atoms with Gasteiger partial charge < -0.3 is 5.32 Å². The minimum Gasteiger partial charge on any atom is -0.377 e. The molecular formula is C14H22N2O2. The van der Waals surface area contributed by atoms with Gasteiger partial charge in [-0.15, -0.1) is 0 Å². The summed E-state index contributed by atoms with van der Waals surface area (Å²) in [5.74, 6) is 0.654. The number of para-hydroxylation sites is 1. The Hall–Kier alpha value is -1.58. The van der Waals surface area contributed by atoms with Gasteiger partial charge >= 0.3 is 0 Å². The zero-order valence-electron chi connectivity index (χ0n) is 11.6. The van der Waals surface area contributed by atoms with Crippen molar-refractivity contribution in [3.63, 3.8) is 0 Å². The molecule has 1 unspecified atom stereocenters. The van der Waals surface area contributed by atoms with Crippen LogP contribution >= 0.6 is 0 Å². The number of benzene rings is 1. The van der Waals surface area contributed by atoms with Gasteiger partial charge in [-0.2, -0.15) is 0 Å². The summed E-state index contributed by atoms with van der Waals surface area (Å²) < 4.78 is 0. The number of aryl methyl sites for hydroxylation is 1. The number of nitrogens with one attached hydrogen (secondary N) is 1. The third-order valence-electron chi connectivity index (χ3n) is 3.00. The summed E-state index contributed by atoms with van der Waals surface area (Å²) in [5, 5.41) is 14.3. The summed E-state index contributed by atoms with van der Waals surface area (Å²) in [6.45, 7) is 8.19. The third-order valence-corrected chi connectivity index (χ3v) is 3.00. The van der Waals surface area contributed by atoms with Crippen LogP contribution < -0.4 is 5.32 Å². The molecule has 0 bridgehead atoms. The second kappa shape index (κ2) is 6.38. The van der Waals surface area contributed by atoms with Crippen LogP contribution in [-0.4, -0.2) is 11.0 Å². The van der Waals surface area contributed by atoms with Gasteiger partial charge in [-0.3, -0.25) is 10.1 Å². The molecule has 18 heavy (non-hydrogen) atoms. The average Bonchev–Trinajstić information content (AvgIpc) is 2.26. The lowest BCUT2D eigenvalue weighted by atomic mass is 10.0. The minimum absolute atomic E-state index is 0.189. The molecule has 1 atom stereocenters. The summed E-state index contributed by atoms with van der Waals surface area (Å²) in [6.07, 6.45) is 2.14. The van der Waals surface area contributed by atoms with Crippen LogP contribution in [0.3, 0.4) is 0 Å². The van der Waals surface area contributed by atoms with Crippen LogP contribution in [0.15, 0.2) is 18.2 Å². The Morgan fingerprint density at radius 1 is 1.28 bits per heavy atom. The highest BCUT2D eigenvalue weighted by molar-refractivity contribution is 5.65. The van der Waals surface area contributed by atoms with Gasteiger partial charge in [0.15, 0.2) is 0 Å². The Morgan fingerprint density at radius 2 is 1.94 bits per heavy atom. The van der Waals surface area contributed by atoms with Crippen molar-refractivity contribution in [2.75, 3.05) is 5.32 Å². The van der Waals surface area contributed by atoms with Crippen molar-refractivity contribution in [2.24, 2.45) is 5.92 Å². The minimum atomic E-state index is -0.313. The first-order valence-corrected chi connectivity index (χ1v) is 6.42. The van der Waals surface area contributed by atoms with E-state index in [4.69, 9.17) is 0 Å². The van der Waals surface area contributed by atoms with Crippen molar-refractivity contribution in [1.82, 2.24) is 0 Å². The second-order valence-corrected chi connectivity index (χ2v) is 5.24. The highest BCUT2D eigenvalue weighted by Crippen LogP contribution is 2.28. The fourth-order valence-corrected chi connectivity index (χ4v) is 1.94. The highest BCUT2D eigenvalue weighted by atomic mass is 16.6. The van der Waals surface area contributed by atoms with Crippen molar-refractivity contribution in [3.05, 3.63) is 33.9 Å². The molecule has 100 valence electrons. The van der Waals surface area contributed by atoms with E-state index in [1.54, 1.807) is 19.1 Å². The molecule has 0 heterocycles. The maximum absolute atomic E-state index is 11.1. The molecule has 1 aromatic carbocycles. The summed E-state index contributed by atoms with van der Waals surface area (Å²) in [6, 6.07) is 5.63. The van der Waals surface area contributed by atoms with Crippen LogP contribution in [0.2, 0.25) is 0 Å². The Kier molecular flexibility index (Phi) is 5.13. The quantitative estimate of drug-likeness (QED) is 0.609. The molecule has 1 rings (SSSR count). The zero-order valence-corrected chi connectivity index (χ0v) is 11.6. The lowest BCUT2D eigenvalue weighted by Crippen LogP contribution is -2.17. The molecule has 1 aromatic rings. The Morgan fingerprint density at radius 3 is 2.50 bits per heavy atom. The zero-order chi connectivity index (χ0) is 13.7. The first kappa shape index (κ1) is 14.5. The number of rotatable bonds is 6. The summed E-state index contributed by atoms with van der Waals surface area (Å²) in [4.78, 5) is 10.7. The fraction of sp³-hybridized carbons (Fsp3) is 0.571. The molecule has 0 saturated heterocycles. The van der Waals surface area contributed by atoms with Crippen molar-refractivity contribution < 1.29 is 4.92 Å². The molecule has 0 saturated carbocycles. The van der Waals surface area contributed by atoms with Gasteiger partial charge in [0.1, 0.15) is 5.69 Å². The number of nitro groups is 1. The maximum atomic E-state index is 11.1. The molecular weight excluding hydrogens is 228 g/mol. The van der Waals surface area contributed by atoms with Crippen LogP contribution in [0, 0.1) is 23.0 Å². The molecule has 4 heteroatoms. The van der Waals surface area contributed by atoms with Crippen LogP contribution in [-0.2, 0) is 0 Å². The van der Waals surface area contributed by atoms with Gasteiger partial charge in [-0.25, -0.2) is 0 Å². The number of anilines is 1. The number of nitrogens with zero attached hydrogens (tertiary/aromatic N) is 1. The van der Waals surface area contributed by atoms with Gasteiger partial charge in [-0.05, 0) is 38.7 Å². The van der Waals surface area contributed by atoms with E-state index >= 15 is 0 Å². The van der Waals surface area contributed by atoms with E-state index in [0.717, 1.165) is 12.8 Å². The topological polar surface area (TPSA) is 55.2 Å². The Bertz CT molecular complexity index is 416. The molecule has 0 spiro atoms. The van der Waals surface area contributed by atoms with Crippen LogP contribution in [0.1, 0.15) is 39.2 Å². The second-order valence-electron chi connectivity index (χ2n) is 5.24. The van der Waals surface area contributed by atoms with Gasteiger partial charge in [0, 0.05) is 11.6 Å². The van der Waals surface area contributed by atoms with Crippen LogP contribution in [0.4, 0.5) is 11.4 Å². The molecule has 0 aromatic heterocycles. The van der Waals surface area contributed by atoms with E-state index < -0.39 is 0 Å². The van der Waals surface area contributed by atoms with Crippen LogP contribution in [0.25, 0.3) is 0 Å². The van der Waals surface area contributed by atoms with E-state index in [-0.39, 0.29) is 16.7 Å². The largest absolute Gasteiger partial charge is 0.377 e. The Balaban J connectivity index is 2.78. The standard InChI is InChI=1S/C14H22N2O2/c1-10(2)8-9-12(4)15-13-7-5-6-11(3)14(13)16(17)18/h5-7,10,12,15H,8-9H2,1-4H3. The van der Waals surface area contributed by atoms with E-state index in [2.05, 4.69) is 26.1 Å². The normalized spacial score (nSPS) is 12.5. The highest BCUT2D eigenvalue weighted by Gasteiger charge is 2.17. The van der Waals surface area contributed by atoms with Crippen molar-refractivity contribution in [2.45, 2.75) is 46.6 Å². The first-order valence-electron chi connectivity index (χ1n) is 6.42. The third kappa shape index (κ3) is 4.02. The monoisotopic (exact) mass is 250 g/mol. The van der Waals surface area contributed by atoms with Gasteiger partial charge in [0.25, 0.3) is 5.69 Å². The SMILES string of the molecule is Cc1cccc(NC(C)CCC(C)C)c1[N+](=O)[O-]. The molecule has 0 aliphatic carbocycles. The number of hydrogen-bond acceptors (Lipinski definition) is 3. The number of hydrogen-bond donors (Lipinski definition) is 1. The smallest absolute Gasteiger partial charge is 0.295 e. The Labute approximate surface area is 109 Å². The maximum Gasteiger partial charge on any atom is 0.295 e. The van der Waals surface area contributed by atoms with E-state index in [9.17, 15) is 10.1 Å². The molecule has 0 aliphatic rings. The first-order chi connectivity index (χ1) is 8.41. The van der Waals surface area contributed by atoms with Gasteiger partial charge in [-0.1, -0.05) is 26.0 Å².